The normalized spacial score (nSPS) is 20.5. The molecule has 1 atom stereocenters. The summed E-state index contributed by atoms with van der Waals surface area (Å²) in [7, 11) is -1.60. The molecule has 1 unspecified atom stereocenters. The Morgan fingerprint density at radius 3 is 2.25 bits per heavy atom. The van der Waals surface area contributed by atoms with Crippen LogP contribution in [0.3, 0.4) is 0 Å². The minimum absolute atomic E-state index is 0.115. The summed E-state index contributed by atoms with van der Waals surface area (Å²) in [6.07, 6.45) is 0.115. The zero-order valence-electron chi connectivity index (χ0n) is 17.7. The Balaban J connectivity index is 1.39. The van der Waals surface area contributed by atoms with Crippen molar-refractivity contribution in [2.75, 3.05) is 50.0 Å². The molecule has 2 aliphatic heterocycles. The van der Waals surface area contributed by atoms with Crippen molar-refractivity contribution in [1.29, 1.82) is 0 Å². The Hall–Kier alpha value is -2.46. The van der Waals surface area contributed by atoms with Gasteiger partial charge in [0.1, 0.15) is 0 Å². The van der Waals surface area contributed by atoms with Gasteiger partial charge in [0.2, 0.25) is 21.8 Å². The van der Waals surface area contributed by atoms with Crippen LogP contribution in [0.5, 0.6) is 0 Å². The molecule has 0 spiro atoms. The summed E-state index contributed by atoms with van der Waals surface area (Å²) in [5.74, 6) is -0.891. The van der Waals surface area contributed by atoms with Crippen LogP contribution in [0.15, 0.2) is 53.4 Å². The number of hydrogen-bond donors (Lipinski definition) is 1. The van der Waals surface area contributed by atoms with Gasteiger partial charge >= 0.3 is 0 Å². The lowest BCUT2D eigenvalue weighted by Gasteiger charge is -2.31. The van der Waals surface area contributed by atoms with Crippen LogP contribution in [0.4, 0.5) is 11.4 Å². The lowest BCUT2D eigenvalue weighted by atomic mass is 10.1. The molecule has 10 heteroatoms. The minimum atomic E-state index is -3.56. The fourth-order valence-electron chi connectivity index (χ4n) is 3.89. The summed E-state index contributed by atoms with van der Waals surface area (Å²) < 4.78 is 27.1. The first-order valence-electron chi connectivity index (χ1n) is 10.4. The Bertz CT molecular complexity index is 1100. The van der Waals surface area contributed by atoms with Crippen LogP contribution in [-0.2, 0) is 19.6 Å². The molecule has 0 radical (unpaired) electrons. The number of carbonyl (C=O) groups excluding carboxylic acids is 2. The van der Waals surface area contributed by atoms with Crippen molar-refractivity contribution in [1.82, 2.24) is 9.21 Å². The van der Waals surface area contributed by atoms with E-state index in [1.165, 1.54) is 16.4 Å². The predicted molar refractivity (Wildman–Crippen MR) is 123 cm³/mol. The van der Waals surface area contributed by atoms with E-state index in [4.69, 9.17) is 11.6 Å². The molecule has 170 valence electrons. The van der Waals surface area contributed by atoms with E-state index in [2.05, 4.69) is 10.2 Å². The number of anilines is 2. The number of nitrogens with zero attached hydrogens (tertiary/aromatic N) is 3. The molecule has 2 aromatic carbocycles. The maximum Gasteiger partial charge on any atom is 0.243 e. The van der Waals surface area contributed by atoms with E-state index >= 15 is 0 Å². The Morgan fingerprint density at radius 1 is 1.00 bits per heavy atom. The highest BCUT2D eigenvalue weighted by Gasteiger charge is 2.35. The number of nitrogens with one attached hydrogen (secondary N) is 1. The first kappa shape index (κ1) is 22.7. The van der Waals surface area contributed by atoms with Gasteiger partial charge in [-0.1, -0.05) is 11.6 Å². The van der Waals surface area contributed by atoms with Gasteiger partial charge in [0, 0.05) is 55.5 Å². The van der Waals surface area contributed by atoms with Crippen molar-refractivity contribution in [3.05, 3.63) is 53.6 Å². The van der Waals surface area contributed by atoms with Gasteiger partial charge in [-0.05, 0) is 55.6 Å². The Morgan fingerprint density at radius 2 is 1.62 bits per heavy atom. The van der Waals surface area contributed by atoms with Gasteiger partial charge in [-0.15, -0.1) is 0 Å². The second-order valence-electron chi connectivity index (χ2n) is 8.10. The summed E-state index contributed by atoms with van der Waals surface area (Å²) >= 11 is 5.90. The number of hydrogen-bond acceptors (Lipinski definition) is 5. The van der Waals surface area contributed by atoms with Crippen molar-refractivity contribution in [3.8, 4) is 0 Å². The first-order chi connectivity index (χ1) is 15.2. The van der Waals surface area contributed by atoms with Crippen LogP contribution < -0.4 is 10.2 Å². The number of benzene rings is 2. The van der Waals surface area contributed by atoms with Crippen LogP contribution in [0.25, 0.3) is 0 Å². The lowest BCUT2D eigenvalue weighted by Crippen LogP contribution is -2.46. The smallest absolute Gasteiger partial charge is 0.243 e. The van der Waals surface area contributed by atoms with Gasteiger partial charge in [-0.3, -0.25) is 9.59 Å². The summed E-state index contributed by atoms with van der Waals surface area (Å²) in [6.45, 7) is 2.58. The monoisotopic (exact) mass is 476 g/mol. The zero-order valence-corrected chi connectivity index (χ0v) is 19.3. The number of likely N-dealkylation sites (N-methyl/N-ethyl adjacent to an activating group) is 1. The van der Waals surface area contributed by atoms with Crippen molar-refractivity contribution < 1.29 is 18.0 Å². The van der Waals surface area contributed by atoms with E-state index in [1.807, 2.05) is 7.05 Å². The molecule has 2 saturated heterocycles. The molecule has 32 heavy (non-hydrogen) atoms. The molecule has 2 amide bonds. The number of rotatable bonds is 5. The Kier molecular flexibility index (Phi) is 6.52. The van der Waals surface area contributed by atoms with Gasteiger partial charge in [0.05, 0.1) is 10.8 Å². The summed E-state index contributed by atoms with van der Waals surface area (Å²) in [6, 6.07) is 13.1. The fourth-order valence-corrected chi connectivity index (χ4v) is 5.43. The third kappa shape index (κ3) is 4.80. The highest BCUT2D eigenvalue weighted by atomic mass is 35.5. The molecule has 1 N–H and O–H groups in total. The summed E-state index contributed by atoms with van der Waals surface area (Å²) in [5, 5.41) is 3.37. The van der Waals surface area contributed by atoms with Crippen molar-refractivity contribution in [2.45, 2.75) is 11.3 Å². The third-order valence-electron chi connectivity index (χ3n) is 5.86. The largest absolute Gasteiger partial charge is 0.326 e. The third-order valence-corrected chi connectivity index (χ3v) is 8.02. The number of amides is 2. The molecule has 0 aromatic heterocycles. The Labute approximate surface area is 192 Å². The van der Waals surface area contributed by atoms with Crippen LogP contribution in [0, 0.1) is 5.92 Å². The first-order valence-corrected chi connectivity index (χ1v) is 12.2. The van der Waals surface area contributed by atoms with Crippen molar-refractivity contribution in [3.63, 3.8) is 0 Å². The molecule has 2 aromatic rings. The van der Waals surface area contributed by atoms with Gasteiger partial charge in [0.25, 0.3) is 0 Å². The van der Waals surface area contributed by atoms with Gasteiger partial charge in [-0.2, -0.15) is 4.31 Å². The van der Waals surface area contributed by atoms with E-state index in [0.717, 1.165) is 0 Å². The van der Waals surface area contributed by atoms with Crippen LogP contribution >= 0.6 is 11.6 Å². The van der Waals surface area contributed by atoms with Gasteiger partial charge in [-0.25, -0.2) is 8.42 Å². The second-order valence-corrected chi connectivity index (χ2v) is 10.5. The maximum absolute atomic E-state index is 12.8. The van der Waals surface area contributed by atoms with Crippen molar-refractivity contribution >= 4 is 44.8 Å². The van der Waals surface area contributed by atoms with Crippen LogP contribution in [-0.4, -0.2) is 69.2 Å². The predicted octanol–water partition coefficient (Wildman–Crippen LogP) is 2.27. The molecular weight excluding hydrogens is 452 g/mol. The molecule has 0 bridgehead atoms. The zero-order chi connectivity index (χ0) is 22.9. The summed E-state index contributed by atoms with van der Waals surface area (Å²) in [4.78, 5) is 29.0. The van der Waals surface area contributed by atoms with Gasteiger partial charge in [0.15, 0.2) is 0 Å². The molecular formula is C22H25ClN4O4S. The average molecular weight is 477 g/mol. The molecule has 2 fully saturated rings. The number of piperazine rings is 1. The quantitative estimate of drug-likeness (QED) is 0.715. The van der Waals surface area contributed by atoms with Crippen molar-refractivity contribution in [2.24, 2.45) is 5.92 Å². The highest BCUT2D eigenvalue weighted by molar-refractivity contribution is 7.89. The molecule has 2 heterocycles. The van der Waals surface area contributed by atoms with E-state index in [-0.39, 0.29) is 29.7 Å². The fraction of sp³-hybridized carbons (Fsp3) is 0.364. The summed E-state index contributed by atoms with van der Waals surface area (Å²) in [5.41, 5.74) is 1.19. The molecule has 8 nitrogen and oxygen atoms in total. The number of sulfonamides is 1. The number of halogens is 1. The second kappa shape index (κ2) is 9.19. The lowest BCUT2D eigenvalue weighted by molar-refractivity contribution is -0.122. The molecule has 0 saturated carbocycles. The molecule has 2 aliphatic rings. The number of carbonyl (C=O) groups is 2. The molecule has 4 rings (SSSR count). The van der Waals surface area contributed by atoms with E-state index in [1.54, 1.807) is 41.3 Å². The van der Waals surface area contributed by atoms with E-state index in [0.29, 0.717) is 42.6 Å². The highest BCUT2D eigenvalue weighted by Crippen LogP contribution is 2.27. The molecule has 0 aliphatic carbocycles. The standard InChI is InChI=1S/C22H25ClN4O4S/c1-25-10-12-26(13-11-25)32(30,31)20-8-4-18(5-9-20)24-22(29)16-14-21(28)27(15-16)19-6-2-17(23)3-7-19/h2-9,16H,10-15H2,1H3,(H,24,29). The van der Waals surface area contributed by atoms with Crippen LogP contribution in [0.2, 0.25) is 5.02 Å². The van der Waals surface area contributed by atoms with E-state index < -0.39 is 15.9 Å². The average Bonchev–Trinajstić information content (AvgIpc) is 3.17. The van der Waals surface area contributed by atoms with Crippen LogP contribution in [0.1, 0.15) is 6.42 Å². The maximum atomic E-state index is 12.8. The topological polar surface area (TPSA) is 90.0 Å². The van der Waals surface area contributed by atoms with E-state index in [9.17, 15) is 18.0 Å². The SMILES string of the molecule is CN1CCN(S(=O)(=O)c2ccc(NC(=O)C3CC(=O)N(c4ccc(Cl)cc4)C3)cc2)CC1. The minimum Gasteiger partial charge on any atom is -0.326 e. The van der Waals surface area contributed by atoms with Gasteiger partial charge < -0.3 is 15.1 Å².